The molecule has 0 bridgehead atoms. The summed E-state index contributed by atoms with van der Waals surface area (Å²) >= 11 is 6.10. The molecular formula is C5H2BrN3S2. The minimum absolute atomic E-state index is 0.697. The average molecular weight is 248 g/mol. The van der Waals surface area contributed by atoms with E-state index >= 15 is 0 Å². The first kappa shape index (κ1) is 7.33. The van der Waals surface area contributed by atoms with Gasteiger partial charge in [0.2, 0.25) is 0 Å². The van der Waals surface area contributed by atoms with Crippen LogP contribution in [0.2, 0.25) is 0 Å². The fourth-order valence-electron chi connectivity index (χ4n) is 0.632. The van der Waals surface area contributed by atoms with Crippen molar-refractivity contribution in [1.29, 1.82) is 0 Å². The lowest BCUT2D eigenvalue weighted by molar-refractivity contribution is 1.25. The zero-order chi connectivity index (χ0) is 7.68. The molecule has 0 atom stereocenters. The van der Waals surface area contributed by atoms with Gasteiger partial charge < -0.3 is 0 Å². The van der Waals surface area contributed by atoms with Gasteiger partial charge in [0.05, 0.1) is 5.51 Å². The molecule has 0 fully saturated rings. The highest BCUT2D eigenvalue weighted by molar-refractivity contribution is 9.11. The van der Waals surface area contributed by atoms with Crippen molar-refractivity contribution < 1.29 is 0 Å². The highest BCUT2D eigenvalue weighted by atomic mass is 79.9. The van der Waals surface area contributed by atoms with Crippen LogP contribution in [0.4, 0.5) is 0 Å². The molecule has 0 aromatic carbocycles. The first-order chi connectivity index (χ1) is 5.36. The molecule has 0 unspecified atom stereocenters. The predicted octanol–water partition coefficient (Wildman–Crippen LogP) is 2.42. The van der Waals surface area contributed by atoms with Crippen LogP contribution in [0.1, 0.15) is 0 Å². The van der Waals surface area contributed by atoms with E-state index in [1.54, 1.807) is 16.8 Å². The zero-order valence-electron chi connectivity index (χ0n) is 5.19. The molecule has 2 heterocycles. The number of hydrogen-bond acceptors (Lipinski definition) is 5. The van der Waals surface area contributed by atoms with Crippen molar-refractivity contribution in [2.75, 3.05) is 0 Å². The van der Waals surface area contributed by atoms with Crippen LogP contribution in [0.5, 0.6) is 0 Å². The number of aromatic nitrogens is 3. The Morgan fingerprint density at radius 3 is 2.91 bits per heavy atom. The summed E-state index contributed by atoms with van der Waals surface area (Å²) in [6, 6.07) is 0. The Labute approximate surface area is 79.4 Å². The van der Waals surface area contributed by atoms with E-state index in [1.165, 1.54) is 11.5 Å². The van der Waals surface area contributed by atoms with Gasteiger partial charge in [-0.15, -0.1) is 11.3 Å². The first-order valence-electron chi connectivity index (χ1n) is 2.74. The molecule has 3 nitrogen and oxygen atoms in total. The van der Waals surface area contributed by atoms with Gasteiger partial charge in [0.1, 0.15) is 5.69 Å². The van der Waals surface area contributed by atoms with Crippen LogP contribution in [0.15, 0.2) is 14.8 Å². The summed E-state index contributed by atoms with van der Waals surface area (Å²) in [7, 11) is 0. The standard InChI is InChI=1S/C5H2BrN3S2/c6-5-8-4(9-11-5)3-1-10-2-7-3/h1-2H. The lowest BCUT2D eigenvalue weighted by atomic mass is 10.5. The summed E-state index contributed by atoms with van der Waals surface area (Å²) in [4.78, 5) is 8.20. The molecule has 0 radical (unpaired) electrons. The lowest BCUT2D eigenvalue weighted by Gasteiger charge is -1.81. The Balaban J connectivity index is 2.45. The molecule has 0 N–H and O–H groups in total. The van der Waals surface area contributed by atoms with Crippen molar-refractivity contribution in [3.05, 3.63) is 14.8 Å². The Bertz CT molecular complexity index is 342. The van der Waals surface area contributed by atoms with Gasteiger partial charge in [-0.3, -0.25) is 0 Å². The van der Waals surface area contributed by atoms with Gasteiger partial charge in [0.25, 0.3) is 0 Å². The molecule has 0 aliphatic rings. The number of nitrogens with zero attached hydrogens (tertiary/aromatic N) is 3. The normalized spacial score (nSPS) is 10.3. The number of halogens is 1. The largest absolute Gasteiger partial charge is 0.241 e. The topological polar surface area (TPSA) is 38.7 Å². The van der Waals surface area contributed by atoms with E-state index < -0.39 is 0 Å². The predicted molar refractivity (Wildman–Crippen MR) is 48.7 cm³/mol. The summed E-state index contributed by atoms with van der Waals surface area (Å²) in [6.45, 7) is 0. The SMILES string of the molecule is Brc1nc(-c2cscn2)ns1. The average Bonchev–Trinajstić information content (AvgIpc) is 2.55. The van der Waals surface area contributed by atoms with Crippen LogP contribution in [0.25, 0.3) is 11.5 Å². The summed E-state index contributed by atoms with van der Waals surface area (Å²) < 4.78 is 4.88. The maximum absolute atomic E-state index is 4.12. The van der Waals surface area contributed by atoms with E-state index in [9.17, 15) is 0 Å². The van der Waals surface area contributed by atoms with Crippen molar-refractivity contribution in [3.8, 4) is 11.5 Å². The van der Waals surface area contributed by atoms with Crippen molar-refractivity contribution >= 4 is 38.8 Å². The quantitative estimate of drug-likeness (QED) is 0.777. The van der Waals surface area contributed by atoms with E-state index in [4.69, 9.17) is 0 Å². The highest BCUT2D eigenvalue weighted by Crippen LogP contribution is 2.20. The second kappa shape index (κ2) is 2.96. The van der Waals surface area contributed by atoms with E-state index in [0.717, 1.165) is 9.61 Å². The molecule has 0 saturated heterocycles. The van der Waals surface area contributed by atoms with Crippen LogP contribution >= 0.6 is 38.8 Å². The molecule has 11 heavy (non-hydrogen) atoms. The van der Waals surface area contributed by atoms with Crippen molar-refractivity contribution in [1.82, 2.24) is 14.3 Å². The molecular weight excluding hydrogens is 246 g/mol. The third kappa shape index (κ3) is 1.47. The van der Waals surface area contributed by atoms with Gasteiger partial charge in [-0.05, 0) is 27.5 Å². The van der Waals surface area contributed by atoms with Gasteiger partial charge in [-0.2, -0.15) is 4.37 Å². The second-order valence-corrected chi connectivity index (χ2v) is 4.49. The Morgan fingerprint density at radius 1 is 1.45 bits per heavy atom. The van der Waals surface area contributed by atoms with Crippen molar-refractivity contribution in [3.63, 3.8) is 0 Å². The number of thiazole rings is 1. The molecule has 2 rings (SSSR count). The third-order valence-electron chi connectivity index (χ3n) is 1.06. The molecule has 0 spiro atoms. The van der Waals surface area contributed by atoms with Crippen LogP contribution in [0.3, 0.4) is 0 Å². The van der Waals surface area contributed by atoms with Gasteiger partial charge in [-0.1, -0.05) is 0 Å². The van der Waals surface area contributed by atoms with Crippen molar-refractivity contribution in [2.45, 2.75) is 0 Å². The third-order valence-corrected chi connectivity index (χ3v) is 2.77. The van der Waals surface area contributed by atoms with Gasteiger partial charge >= 0.3 is 0 Å². The van der Waals surface area contributed by atoms with Crippen LogP contribution in [0, 0.1) is 0 Å². The van der Waals surface area contributed by atoms with E-state index in [2.05, 4.69) is 30.3 Å². The molecule has 0 aliphatic carbocycles. The highest BCUT2D eigenvalue weighted by Gasteiger charge is 2.05. The smallest absolute Gasteiger partial charge is 0.193 e. The van der Waals surface area contributed by atoms with Crippen molar-refractivity contribution in [2.24, 2.45) is 0 Å². The molecule has 56 valence electrons. The number of hydrogen-bond donors (Lipinski definition) is 0. The van der Waals surface area contributed by atoms with Crippen LogP contribution < -0.4 is 0 Å². The summed E-state index contributed by atoms with van der Waals surface area (Å²) in [5.41, 5.74) is 2.61. The van der Waals surface area contributed by atoms with Crippen LogP contribution in [-0.2, 0) is 0 Å². The summed E-state index contributed by atoms with van der Waals surface area (Å²) in [6.07, 6.45) is 0. The van der Waals surface area contributed by atoms with Gasteiger partial charge in [0, 0.05) is 5.38 Å². The monoisotopic (exact) mass is 247 g/mol. The molecule has 2 aromatic heterocycles. The molecule has 6 heteroatoms. The first-order valence-corrected chi connectivity index (χ1v) is 5.25. The molecule has 0 aliphatic heterocycles. The van der Waals surface area contributed by atoms with E-state index in [1.807, 2.05) is 5.38 Å². The molecule has 0 amide bonds. The fourth-order valence-corrected chi connectivity index (χ4v) is 1.97. The zero-order valence-corrected chi connectivity index (χ0v) is 8.41. The Morgan fingerprint density at radius 2 is 2.36 bits per heavy atom. The Kier molecular flexibility index (Phi) is 1.97. The Hall–Kier alpha value is -0.330. The van der Waals surface area contributed by atoms with E-state index in [-0.39, 0.29) is 0 Å². The number of rotatable bonds is 1. The van der Waals surface area contributed by atoms with Gasteiger partial charge in [-0.25, -0.2) is 9.97 Å². The molecule has 2 aromatic rings. The summed E-state index contributed by atoms with van der Waals surface area (Å²) in [5, 5.41) is 1.93. The second-order valence-electron chi connectivity index (χ2n) is 1.74. The summed E-state index contributed by atoms with van der Waals surface area (Å²) in [5.74, 6) is 0.697. The maximum atomic E-state index is 4.12. The lowest BCUT2D eigenvalue weighted by Crippen LogP contribution is -1.77. The van der Waals surface area contributed by atoms with Crippen LogP contribution in [-0.4, -0.2) is 14.3 Å². The van der Waals surface area contributed by atoms with Gasteiger partial charge in [0.15, 0.2) is 9.74 Å². The molecule has 0 saturated carbocycles. The fraction of sp³-hybridized carbons (Fsp3) is 0. The maximum Gasteiger partial charge on any atom is 0.193 e. The van der Waals surface area contributed by atoms with E-state index in [0.29, 0.717) is 5.82 Å². The minimum atomic E-state index is 0.697. The minimum Gasteiger partial charge on any atom is -0.241 e.